The summed E-state index contributed by atoms with van der Waals surface area (Å²) >= 11 is 0. The van der Waals surface area contributed by atoms with Crippen molar-refractivity contribution in [1.29, 1.82) is 5.41 Å². The second-order valence-corrected chi connectivity index (χ2v) is 1.69. The van der Waals surface area contributed by atoms with E-state index in [1.54, 1.807) is 6.92 Å². The van der Waals surface area contributed by atoms with Crippen molar-refractivity contribution in [1.82, 2.24) is 0 Å². The first kappa shape index (κ1) is 8.14. The van der Waals surface area contributed by atoms with Gasteiger partial charge in [0.05, 0.1) is 11.4 Å². The molecule has 0 aliphatic carbocycles. The van der Waals surface area contributed by atoms with Crippen LogP contribution in [0.2, 0.25) is 0 Å². The summed E-state index contributed by atoms with van der Waals surface area (Å²) < 4.78 is 0. The fourth-order valence-corrected chi connectivity index (χ4v) is 0.448. The molecule has 0 saturated carbocycles. The average Bonchev–Trinajstić information content (AvgIpc) is 1.87. The monoisotopic (exact) mass is 128 g/mol. The zero-order chi connectivity index (χ0) is 7.28. The first-order chi connectivity index (χ1) is 4.22. The first-order valence-corrected chi connectivity index (χ1v) is 2.88. The van der Waals surface area contributed by atoms with E-state index in [4.69, 9.17) is 5.41 Å². The van der Waals surface area contributed by atoms with E-state index < -0.39 is 0 Å². The van der Waals surface area contributed by atoms with Gasteiger partial charge in [0.2, 0.25) is 0 Å². The minimum Gasteiger partial charge on any atom is -0.399 e. The van der Waals surface area contributed by atoms with Gasteiger partial charge in [0.1, 0.15) is 7.11 Å². The maximum atomic E-state index is 7.24. The van der Waals surface area contributed by atoms with Crippen LogP contribution >= 0.6 is 0 Å². The molecule has 0 spiro atoms. The van der Waals surface area contributed by atoms with Gasteiger partial charge in [-0.3, -0.25) is 0 Å². The highest BCUT2D eigenvalue weighted by Gasteiger charge is 1.95. The molecule has 0 fully saturated rings. The Labute approximate surface area is 55.2 Å². The molecule has 0 bridgehead atoms. The smallest absolute Gasteiger partial charge is 0.106 e. The quantitative estimate of drug-likeness (QED) is 0.453. The van der Waals surface area contributed by atoms with E-state index in [1.165, 1.54) is 7.11 Å². The van der Waals surface area contributed by atoms with Gasteiger partial charge >= 0.3 is 0 Å². The first-order valence-electron chi connectivity index (χ1n) is 2.88. The molecule has 0 atom stereocenters. The topological polar surface area (TPSA) is 45.4 Å². The van der Waals surface area contributed by atoms with E-state index >= 15 is 0 Å². The number of hydrogen-bond acceptors (Lipinski definition) is 3. The van der Waals surface area contributed by atoms with Crippen molar-refractivity contribution in [2.45, 2.75) is 20.3 Å². The molecule has 9 heavy (non-hydrogen) atoms. The van der Waals surface area contributed by atoms with Crippen LogP contribution in [0.5, 0.6) is 0 Å². The molecule has 0 aromatic heterocycles. The fourth-order valence-electron chi connectivity index (χ4n) is 0.448. The lowest BCUT2D eigenvalue weighted by Gasteiger charge is -1.95. The van der Waals surface area contributed by atoms with E-state index in [9.17, 15) is 0 Å². The van der Waals surface area contributed by atoms with Crippen molar-refractivity contribution < 1.29 is 4.84 Å². The summed E-state index contributed by atoms with van der Waals surface area (Å²) in [5, 5.41) is 10.8. The van der Waals surface area contributed by atoms with Gasteiger partial charge in [0.15, 0.2) is 0 Å². The molecule has 0 rings (SSSR count). The van der Waals surface area contributed by atoms with Crippen LogP contribution in [0.25, 0.3) is 0 Å². The summed E-state index contributed by atoms with van der Waals surface area (Å²) in [5.74, 6) is 0. The van der Waals surface area contributed by atoms with E-state index in [2.05, 4.69) is 9.99 Å². The van der Waals surface area contributed by atoms with Gasteiger partial charge in [-0.2, -0.15) is 0 Å². The normalized spacial score (nSPS) is 11.2. The lowest BCUT2D eigenvalue weighted by molar-refractivity contribution is 0.214. The van der Waals surface area contributed by atoms with Crippen LogP contribution in [0.1, 0.15) is 20.3 Å². The molecular weight excluding hydrogens is 116 g/mol. The lowest BCUT2D eigenvalue weighted by Crippen LogP contribution is -2.06. The van der Waals surface area contributed by atoms with Crippen LogP contribution in [0.4, 0.5) is 0 Å². The Bertz CT molecular complexity index is 129. The van der Waals surface area contributed by atoms with Crippen molar-refractivity contribution in [3.8, 4) is 0 Å². The third-order valence-corrected chi connectivity index (χ3v) is 1.02. The number of nitrogens with zero attached hydrogens (tertiary/aromatic N) is 1. The molecule has 3 heteroatoms. The third-order valence-electron chi connectivity index (χ3n) is 1.02. The van der Waals surface area contributed by atoms with Crippen LogP contribution in [-0.4, -0.2) is 18.5 Å². The largest absolute Gasteiger partial charge is 0.399 e. The van der Waals surface area contributed by atoms with Gasteiger partial charge in [-0.1, -0.05) is 12.1 Å². The van der Waals surface area contributed by atoms with E-state index in [0.29, 0.717) is 17.8 Å². The number of hydrogen-bond donors (Lipinski definition) is 1. The van der Waals surface area contributed by atoms with Gasteiger partial charge in [0, 0.05) is 0 Å². The standard InChI is InChI=1S/C6H12N2O/c1-4-6(7)5(2)8-9-3/h7H,4H2,1-3H3/b7-6?,8-5-. The summed E-state index contributed by atoms with van der Waals surface area (Å²) in [5.41, 5.74) is 1.18. The van der Waals surface area contributed by atoms with E-state index in [0.717, 1.165) is 0 Å². The van der Waals surface area contributed by atoms with Crippen molar-refractivity contribution in [3.05, 3.63) is 0 Å². The molecule has 0 unspecified atom stereocenters. The van der Waals surface area contributed by atoms with E-state index in [1.807, 2.05) is 6.92 Å². The van der Waals surface area contributed by atoms with Gasteiger partial charge in [0.25, 0.3) is 0 Å². The molecule has 0 radical (unpaired) electrons. The van der Waals surface area contributed by atoms with Gasteiger partial charge in [-0.15, -0.1) is 0 Å². The van der Waals surface area contributed by atoms with Crippen LogP contribution in [-0.2, 0) is 4.84 Å². The van der Waals surface area contributed by atoms with Crippen molar-refractivity contribution in [2.24, 2.45) is 5.16 Å². The highest BCUT2D eigenvalue weighted by Crippen LogP contribution is 1.86. The second-order valence-electron chi connectivity index (χ2n) is 1.69. The summed E-state index contributed by atoms with van der Waals surface area (Å²) in [4.78, 5) is 4.47. The average molecular weight is 128 g/mol. The number of rotatable bonds is 3. The molecule has 52 valence electrons. The van der Waals surface area contributed by atoms with Crippen molar-refractivity contribution in [2.75, 3.05) is 7.11 Å². The van der Waals surface area contributed by atoms with Crippen molar-refractivity contribution >= 4 is 11.4 Å². The molecule has 0 aliphatic heterocycles. The van der Waals surface area contributed by atoms with Gasteiger partial charge in [-0.25, -0.2) is 0 Å². The zero-order valence-electron chi connectivity index (χ0n) is 6.06. The predicted molar refractivity (Wildman–Crippen MR) is 38.1 cm³/mol. The molecule has 0 aromatic carbocycles. The van der Waals surface area contributed by atoms with Gasteiger partial charge < -0.3 is 10.2 Å². The van der Waals surface area contributed by atoms with Crippen LogP contribution in [0.3, 0.4) is 0 Å². The van der Waals surface area contributed by atoms with Crippen molar-refractivity contribution in [3.63, 3.8) is 0 Å². The number of oxime groups is 1. The minimum absolute atomic E-state index is 0.525. The Hall–Kier alpha value is -0.860. The second kappa shape index (κ2) is 4.06. The SMILES string of the molecule is CCC(=N)/C(C)=N\OC. The molecule has 0 saturated heterocycles. The number of nitrogens with one attached hydrogen (secondary N) is 1. The Balaban J connectivity index is 3.86. The highest BCUT2D eigenvalue weighted by molar-refractivity contribution is 6.39. The van der Waals surface area contributed by atoms with Crippen LogP contribution in [0.15, 0.2) is 5.16 Å². The molecule has 3 nitrogen and oxygen atoms in total. The Kier molecular flexibility index (Phi) is 3.67. The fraction of sp³-hybridized carbons (Fsp3) is 0.667. The predicted octanol–water partition coefficient (Wildman–Crippen LogP) is 1.44. The molecule has 0 aromatic rings. The summed E-state index contributed by atoms with van der Waals surface area (Å²) in [6, 6.07) is 0. The lowest BCUT2D eigenvalue weighted by atomic mass is 10.2. The molecule has 1 N–H and O–H groups in total. The maximum absolute atomic E-state index is 7.24. The van der Waals surface area contributed by atoms with Crippen LogP contribution in [0, 0.1) is 5.41 Å². The van der Waals surface area contributed by atoms with Crippen LogP contribution < -0.4 is 0 Å². The Morgan fingerprint density at radius 2 is 2.22 bits per heavy atom. The van der Waals surface area contributed by atoms with Gasteiger partial charge in [-0.05, 0) is 13.3 Å². The third kappa shape index (κ3) is 2.85. The summed E-state index contributed by atoms with van der Waals surface area (Å²) in [6.07, 6.45) is 0.707. The highest BCUT2D eigenvalue weighted by atomic mass is 16.6. The zero-order valence-corrected chi connectivity index (χ0v) is 6.06. The van der Waals surface area contributed by atoms with E-state index in [-0.39, 0.29) is 0 Å². The summed E-state index contributed by atoms with van der Waals surface area (Å²) in [7, 11) is 1.48. The molecule has 0 aliphatic rings. The Morgan fingerprint density at radius 1 is 1.67 bits per heavy atom. The Morgan fingerprint density at radius 3 is 2.56 bits per heavy atom. The summed E-state index contributed by atoms with van der Waals surface area (Å²) in [6.45, 7) is 3.67. The minimum atomic E-state index is 0.525. The molecular formula is C6H12N2O. The molecule has 0 heterocycles. The maximum Gasteiger partial charge on any atom is 0.106 e. The molecule has 0 amide bonds.